The fourth-order valence-corrected chi connectivity index (χ4v) is 2.20. The van der Waals surface area contributed by atoms with Gasteiger partial charge in [0, 0.05) is 17.8 Å². The third kappa shape index (κ3) is 5.32. The van der Waals surface area contributed by atoms with Crippen molar-refractivity contribution in [3.05, 3.63) is 51.2 Å². The zero-order valence-electron chi connectivity index (χ0n) is 14.7. The molecule has 0 atom stereocenters. The SMILES string of the molecule is Cc1nc(Oc2ccc(NC(=O)OC(C)(C)C)cc2Cl)ccc1[N+](=O)[O-]. The molecule has 0 fully saturated rings. The second-order valence-corrected chi connectivity index (χ2v) is 6.79. The number of pyridine rings is 1. The van der Waals surface area contributed by atoms with E-state index >= 15 is 0 Å². The van der Waals surface area contributed by atoms with Gasteiger partial charge in [-0.05, 0) is 45.9 Å². The van der Waals surface area contributed by atoms with E-state index in [9.17, 15) is 14.9 Å². The number of carbonyl (C=O) groups is 1. The van der Waals surface area contributed by atoms with Crippen LogP contribution in [0.1, 0.15) is 26.5 Å². The van der Waals surface area contributed by atoms with Crippen LogP contribution in [0.15, 0.2) is 30.3 Å². The van der Waals surface area contributed by atoms with E-state index in [4.69, 9.17) is 21.1 Å². The molecule has 0 saturated carbocycles. The molecule has 1 N–H and O–H groups in total. The van der Waals surface area contributed by atoms with Crippen LogP contribution in [-0.2, 0) is 4.74 Å². The highest BCUT2D eigenvalue weighted by atomic mass is 35.5. The largest absolute Gasteiger partial charge is 0.444 e. The Morgan fingerprint density at radius 1 is 1.27 bits per heavy atom. The normalized spacial score (nSPS) is 11.0. The first-order valence-electron chi connectivity index (χ1n) is 7.64. The Balaban J connectivity index is 2.11. The second-order valence-electron chi connectivity index (χ2n) is 6.39. The first kappa shape index (κ1) is 19.5. The van der Waals surface area contributed by atoms with E-state index in [0.29, 0.717) is 11.4 Å². The van der Waals surface area contributed by atoms with Gasteiger partial charge in [0.2, 0.25) is 5.88 Å². The number of amides is 1. The number of halogens is 1. The number of aromatic nitrogens is 1. The van der Waals surface area contributed by atoms with Crippen LogP contribution in [0.3, 0.4) is 0 Å². The van der Waals surface area contributed by atoms with Crippen molar-refractivity contribution in [2.45, 2.75) is 33.3 Å². The van der Waals surface area contributed by atoms with Crippen molar-refractivity contribution >= 4 is 29.1 Å². The van der Waals surface area contributed by atoms with Crippen LogP contribution in [0.5, 0.6) is 11.6 Å². The third-order valence-electron chi connectivity index (χ3n) is 3.02. The minimum Gasteiger partial charge on any atom is -0.444 e. The molecule has 0 unspecified atom stereocenters. The highest BCUT2D eigenvalue weighted by molar-refractivity contribution is 6.32. The first-order valence-corrected chi connectivity index (χ1v) is 8.02. The van der Waals surface area contributed by atoms with E-state index in [1.165, 1.54) is 25.1 Å². The van der Waals surface area contributed by atoms with Crippen LogP contribution >= 0.6 is 11.6 Å². The number of rotatable bonds is 4. The van der Waals surface area contributed by atoms with Gasteiger partial charge in [-0.3, -0.25) is 15.4 Å². The van der Waals surface area contributed by atoms with Crippen molar-refractivity contribution < 1.29 is 19.2 Å². The Morgan fingerprint density at radius 2 is 1.96 bits per heavy atom. The number of hydrogen-bond acceptors (Lipinski definition) is 6. The van der Waals surface area contributed by atoms with Crippen LogP contribution < -0.4 is 10.1 Å². The molecular formula is C17H18ClN3O5. The molecule has 0 spiro atoms. The standard InChI is InChI=1S/C17H18ClN3O5/c1-10-13(21(23)24)6-8-15(19-10)25-14-7-5-11(9-12(14)18)20-16(22)26-17(2,3)4/h5-9H,1-4H3,(H,20,22). The number of nitrogens with one attached hydrogen (secondary N) is 1. The first-order chi connectivity index (χ1) is 12.0. The van der Waals surface area contributed by atoms with Gasteiger partial charge in [-0.1, -0.05) is 11.6 Å². The maximum Gasteiger partial charge on any atom is 0.412 e. The number of carbonyl (C=O) groups excluding carboxylic acids is 1. The number of ether oxygens (including phenoxy) is 2. The zero-order valence-corrected chi connectivity index (χ0v) is 15.5. The molecule has 0 saturated heterocycles. The van der Waals surface area contributed by atoms with Crippen molar-refractivity contribution in [3.63, 3.8) is 0 Å². The molecule has 1 aromatic heterocycles. The van der Waals surface area contributed by atoms with E-state index in [1.807, 2.05) is 0 Å². The Bertz CT molecular complexity index is 849. The molecule has 1 heterocycles. The summed E-state index contributed by atoms with van der Waals surface area (Å²) in [5, 5.41) is 13.6. The highest BCUT2D eigenvalue weighted by Gasteiger charge is 2.17. The molecule has 0 aliphatic heterocycles. The molecule has 0 radical (unpaired) electrons. The van der Waals surface area contributed by atoms with Gasteiger partial charge in [0.25, 0.3) is 5.69 Å². The number of nitrogens with zero attached hydrogens (tertiary/aromatic N) is 2. The average molecular weight is 380 g/mol. The van der Waals surface area contributed by atoms with Crippen molar-refractivity contribution in [1.82, 2.24) is 4.98 Å². The molecule has 0 bridgehead atoms. The Labute approximate surface area is 155 Å². The average Bonchev–Trinajstić information content (AvgIpc) is 2.47. The summed E-state index contributed by atoms with van der Waals surface area (Å²) < 4.78 is 10.7. The summed E-state index contributed by atoms with van der Waals surface area (Å²) in [4.78, 5) is 26.1. The monoisotopic (exact) mass is 379 g/mol. The van der Waals surface area contributed by atoms with Gasteiger partial charge in [0.1, 0.15) is 17.0 Å². The molecule has 1 aromatic carbocycles. The van der Waals surface area contributed by atoms with E-state index in [2.05, 4.69) is 10.3 Å². The van der Waals surface area contributed by atoms with Crippen molar-refractivity contribution in [2.75, 3.05) is 5.32 Å². The molecule has 0 aliphatic rings. The van der Waals surface area contributed by atoms with Crippen molar-refractivity contribution in [3.8, 4) is 11.6 Å². The number of nitro groups is 1. The molecule has 1 amide bonds. The van der Waals surface area contributed by atoms with Crippen LogP contribution in [0.2, 0.25) is 5.02 Å². The van der Waals surface area contributed by atoms with E-state index in [1.54, 1.807) is 32.9 Å². The lowest BCUT2D eigenvalue weighted by Crippen LogP contribution is -2.27. The van der Waals surface area contributed by atoms with E-state index < -0.39 is 16.6 Å². The van der Waals surface area contributed by atoms with Gasteiger partial charge in [0.05, 0.1) is 9.95 Å². The number of anilines is 1. The maximum atomic E-state index is 11.8. The van der Waals surface area contributed by atoms with E-state index in [-0.39, 0.29) is 22.3 Å². The molecule has 26 heavy (non-hydrogen) atoms. The predicted molar refractivity (Wildman–Crippen MR) is 97.0 cm³/mol. The minimum absolute atomic E-state index is 0.0969. The summed E-state index contributed by atoms with van der Waals surface area (Å²) >= 11 is 6.16. The fourth-order valence-electron chi connectivity index (χ4n) is 1.98. The summed E-state index contributed by atoms with van der Waals surface area (Å²) in [6.45, 7) is 6.79. The lowest BCUT2D eigenvalue weighted by atomic mass is 10.2. The van der Waals surface area contributed by atoms with Crippen LogP contribution in [0, 0.1) is 17.0 Å². The lowest BCUT2D eigenvalue weighted by molar-refractivity contribution is -0.385. The Hall–Kier alpha value is -2.87. The fraction of sp³-hybridized carbons (Fsp3) is 0.294. The summed E-state index contributed by atoms with van der Waals surface area (Å²) in [6, 6.07) is 7.33. The lowest BCUT2D eigenvalue weighted by Gasteiger charge is -2.19. The summed E-state index contributed by atoms with van der Waals surface area (Å²) in [7, 11) is 0. The summed E-state index contributed by atoms with van der Waals surface area (Å²) in [5.74, 6) is 0.463. The van der Waals surface area contributed by atoms with Gasteiger partial charge in [-0.2, -0.15) is 0 Å². The van der Waals surface area contributed by atoms with Crippen molar-refractivity contribution in [2.24, 2.45) is 0 Å². The van der Waals surface area contributed by atoms with Gasteiger partial charge in [-0.25, -0.2) is 9.78 Å². The molecule has 9 heteroatoms. The predicted octanol–water partition coefficient (Wildman–Crippen LogP) is 5.09. The molecular weight excluding hydrogens is 362 g/mol. The molecule has 0 aliphatic carbocycles. The second kappa shape index (κ2) is 7.57. The van der Waals surface area contributed by atoms with E-state index in [0.717, 1.165) is 0 Å². The number of aryl methyl sites for hydroxylation is 1. The summed E-state index contributed by atoms with van der Waals surface area (Å²) in [5.41, 5.74) is -0.0484. The minimum atomic E-state index is -0.615. The Kier molecular flexibility index (Phi) is 5.66. The Morgan fingerprint density at radius 3 is 2.50 bits per heavy atom. The maximum absolute atomic E-state index is 11.8. The van der Waals surface area contributed by atoms with Gasteiger partial charge < -0.3 is 9.47 Å². The quantitative estimate of drug-likeness (QED) is 0.586. The topological polar surface area (TPSA) is 104 Å². The molecule has 2 rings (SSSR count). The summed E-state index contributed by atoms with van der Waals surface area (Å²) in [6.07, 6.45) is -0.602. The van der Waals surface area contributed by atoms with Crippen LogP contribution in [0.4, 0.5) is 16.2 Å². The molecule has 8 nitrogen and oxygen atoms in total. The van der Waals surface area contributed by atoms with Gasteiger partial charge in [-0.15, -0.1) is 0 Å². The third-order valence-corrected chi connectivity index (χ3v) is 3.32. The molecule has 138 valence electrons. The molecule has 2 aromatic rings. The smallest absolute Gasteiger partial charge is 0.412 e. The highest BCUT2D eigenvalue weighted by Crippen LogP contribution is 2.32. The van der Waals surface area contributed by atoms with Gasteiger partial charge >= 0.3 is 6.09 Å². The number of hydrogen-bond donors (Lipinski definition) is 1. The number of benzene rings is 1. The van der Waals surface area contributed by atoms with Crippen molar-refractivity contribution in [1.29, 1.82) is 0 Å². The van der Waals surface area contributed by atoms with Crippen LogP contribution in [-0.4, -0.2) is 21.6 Å². The van der Waals surface area contributed by atoms with Crippen LogP contribution in [0.25, 0.3) is 0 Å². The van der Waals surface area contributed by atoms with Gasteiger partial charge in [0.15, 0.2) is 0 Å². The zero-order chi connectivity index (χ0) is 19.5.